The molecule has 0 spiro atoms. The quantitative estimate of drug-likeness (QED) is 0.235. The first-order chi connectivity index (χ1) is 17.5. The smallest absolute Gasteiger partial charge is 0.197 e. The van der Waals surface area contributed by atoms with Crippen molar-refractivity contribution in [2.45, 2.75) is 0 Å². The van der Waals surface area contributed by atoms with Gasteiger partial charge in [-0.1, -0.05) is 36.4 Å². The van der Waals surface area contributed by atoms with E-state index < -0.39 is 0 Å². The Labute approximate surface area is 213 Å². The number of benzene rings is 3. The van der Waals surface area contributed by atoms with E-state index in [2.05, 4.69) is 33.4 Å². The van der Waals surface area contributed by atoms with Gasteiger partial charge in [-0.2, -0.15) is 0 Å². The summed E-state index contributed by atoms with van der Waals surface area (Å²) in [7, 11) is 3.96. The first-order valence-electron chi connectivity index (χ1n) is 11.6. The van der Waals surface area contributed by atoms with Gasteiger partial charge in [0.15, 0.2) is 10.9 Å². The van der Waals surface area contributed by atoms with Crippen molar-refractivity contribution >= 4 is 66.3 Å². The minimum atomic E-state index is -0.0162. The van der Waals surface area contributed by atoms with Crippen molar-refractivity contribution in [3.05, 3.63) is 104 Å². The molecule has 36 heavy (non-hydrogen) atoms. The summed E-state index contributed by atoms with van der Waals surface area (Å²) >= 11 is 3.30. The van der Waals surface area contributed by atoms with Crippen LogP contribution in [0.4, 0.5) is 0 Å². The number of aromatic nitrogens is 2. The maximum Gasteiger partial charge on any atom is 0.197 e. The van der Waals surface area contributed by atoms with Crippen LogP contribution in [0.3, 0.4) is 0 Å². The summed E-state index contributed by atoms with van der Waals surface area (Å²) in [5.41, 5.74) is 5.30. The Morgan fingerprint density at radius 3 is 1.39 bits per heavy atom. The van der Waals surface area contributed by atoms with E-state index in [0.717, 1.165) is 42.9 Å². The Bertz CT molecular complexity index is 1950. The van der Waals surface area contributed by atoms with Crippen LogP contribution in [-0.4, -0.2) is 9.13 Å². The average molecular weight is 505 g/mol. The number of aryl methyl sites for hydroxylation is 2. The number of fused-ring (bicyclic) bond motifs is 4. The second-order valence-electron chi connectivity index (χ2n) is 9.02. The molecule has 0 saturated carbocycles. The molecule has 174 valence electrons. The van der Waals surface area contributed by atoms with Crippen LogP contribution in [-0.2, 0) is 14.1 Å². The van der Waals surface area contributed by atoms with Crippen LogP contribution in [0, 0.1) is 0 Å². The molecule has 0 fully saturated rings. The fourth-order valence-corrected chi connectivity index (χ4v) is 6.97. The Balaban J connectivity index is 1.66. The van der Waals surface area contributed by atoms with Gasteiger partial charge in [-0.25, -0.2) is 0 Å². The minimum Gasteiger partial charge on any atom is -0.343 e. The Hall–Kier alpha value is -4.00. The molecule has 7 rings (SSSR count). The Morgan fingerprint density at radius 2 is 1.00 bits per heavy atom. The third kappa shape index (κ3) is 2.86. The molecule has 4 aromatic heterocycles. The topological polar surface area (TPSA) is 44.0 Å². The highest BCUT2D eigenvalue weighted by Crippen LogP contribution is 2.35. The SMILES string of the molecule is Cn1c2cc3c(=O)c4cccc(-c5cccs5)c4n(C)c3cc2c(=O)c2cccc(-c3cccs3)c21. The number of thiophene rings is 2. The zero-order valence-corrected chi connectivity index (χ0v) is 21.2. The number of hydrogen-bond acceptors (Lipinski definition) is 4. The number of para-hydroxylation sites is 2. The van der Waals surface area contributed by atoms with E-state index in [-0.39, 0.29) is 10.9 Å². The molecular formula is C30H20N2O2S2. The van der Waals surface area contributed by atoms with Crippen LogP contribution >= 0.6 is 22.7 Å². The lowest BCUT2D eigenvalue weighted by Gasteiger charge is -2.17. The molecule has 0 radical (unpaired) electrons. The van der Waals surface area contributed by atoms with Crippen molar-refractivity contribution < 1.29 is 0 Å². The van der Waals surface area contributed by atoms with Gasteiger partial charge in [0, 0.05) is 56.5 Å². The normalized spacial score (nSPS) is 11.8. The molecule has 0 saturated heterocycles. The molecule has 0 amide bonds. The maximum atomic E-state index is 13.8. The lowest BCUT2D eigenvalue weighted by molar-refractivity contribution is 0.995. The molecule has 3 aromatic carbocycles. The van der Waals surface area contributed by atoms with Crippen LogP contribution in [0.15, 0.2) is 93.1 Å². The minimum absolute atomic E-state index is 0.0162. The molecule has 0 aliphatic rings. The molecule has 0 N–H and O–H groups in total. The average Bonchev–Trinajstić information content (AvgIpc) is 3.64. The van der Waals surface area contributed by atoms with E-state index in [9.17, 15) is 9.59 Å². The van der Waals surface area contributed by atoms with E-state index in [4.69, 9.17) is 0 Å². The van der Waals surface area contributed by atoms with E-state index in [1.807, 2.05) is 73.4 Å². The predicted molar refractivity (Wildman–Crippen MR) is 154 cm³/mol. The second-order valence-corrected chi connectivity index (χ2v) is 10.9. The van der Waals surface area contributed by atoms with Gasteiger partial charge in [-0.15, -0.1) is 22.7 Å². The zero-order valence-electron chi connectivity index (χ0n) is 19.6. The van der Waals surface area contributed by atoms with E-state index in [1.165, 1.54) is 0 Å². The molecule has 0 unspecified atom stereocenters. The summed E-state index contributed by atoms with van der Waals surface area (Å²) in [6.45, 7) is 0. The second kappa shape index (κ2) is 7.75. The number of pyridine rings is 2. The van der Waals surface area contributed by atoms with Crippen molar-refractivity contribution in [2.24, 2.45) is 14.1 Å². The number of hydrogen-bond donors (Lipinski definition) is 0. The van der Waals surface area contributed by atoms with Crippen LogP contribution in [0.2, 0.25) is 0 Å². The lowest BCUT2D eigenvalue weighted by Crippen LogP contribution is -2.14. The van der Waals surface area contributed by atoms with Gasteiger partial charge in [0.25, 0.3) is 0 Å². The monoisotopic (exact) mass is 504 g/mol. The maximum absolute atomic E-state index is 13.8. The lowest BCUT2D eigenvalue weighted by atomic mass is 10.0. The van der Waals surface area contributed by atoms with Crippen LogP contribution < -0.4 is 10.9 Å². The van der Waals surface area contributed by atoms with Gasteiger partial charge in [0.2, 0.25) is 0 Å². The fourth-order valence-electron chi connectivity index (χ4n) is 5.46. The molecule has 4 heterocycles. The van der Waals surface area contributed by atoms with Gasteiger partial charge in [0.1, 0.15) is 0 Å². The van der Waals surface area contributed by atoms with Gasteiger partial charge < -0.3 is 9.13 Å². The van der Waals surface area contributed by atoms with Crippen molar-refractivity contribution in [1.29, 1.82) is 0 Å². The molecular weight excluding hydrogens is 484 g/mol. The van der Waals surface area contributed by atoms with E-state index in [1.54, 1.807) is 22.7 Å². The predicted octanol–water partition coefficient (Wildman–Crippen LogP) is 7.15. The Morgan fingerprint density at radius 1 is 0.556 bits per heavy atom. The first-order valence-corrected chi connectivity index (χ1v) is 13.4. The summed E-state index contributed by atoms with van der Waals surface area (Å²) in [4.78, 5) is 29.9. The largest absolute Gasteiger partial charge is 0.343 e. The van der Waals surface area contributed by atoms with Crippen LogP contribution in [0.25, 0.3) is 64.5 Å². The summed E-state index contributed by atoms with van der Waals surface area (Å²) < 4.78 is 4.12. The zero-order chi connectivity index (χ0) is 24.6. The van der Waals surface area contributed by atoms with Crippen LogP contribution in [0.1, 0.15) is 0 Å². The molecule has 7 aromatic rings. The third-order valence-corrected chi connectivity index (χ3v) is 8.94. The Kier molecular flexibility index (Phi) is 4.58. The standard InChI is InChI=1S/C30H20N2O2S2/c1-31-23-15-22-24(32(2)28-18(26-12-6-14-36-26)8-4-10-20(28)30(22)34)16-21(23)29(33)19-9-3-7-17(27(19)31)25-11-5-13-35-25/h3-16H,1-2H3. The molecule has 0 aliphatic carbocycles. The molecule has 0 aliphatic heterocycles. The van der Waals surface area contributed by atoms with E-state index >= 15 is 0 Å². The highest BCUT2D eigenvalue weighted by atomic mass is 32.1. The molecule has 4 nitrogen and oxygen atoms in total. The third-order valence-electron chi connectivity index (χ3n) is 7.13. The molecule has 0 bridgehead atoms. The van der Waals surface area contributed by atoms with E-state index in [0.29, 0.717) is 21.5 Å². The summed E-state index contributed by atoms with van der Waals surface area (Å²) in [5, 5.41) is 6.67. The molecule has 6 heteroatoms. The number of nitrogens with zero attached hydrogens (tertiary/aromatic N) is 2. The fraction of sp³-hybridized carbons (Fsp3) is 0.0667. The highest BCUT2D eigenvalue weighted by Gasteiger charge is 2.18. The summed E-state index contributed by atoms with van der Waals surface area (Å²) in [6.07, 6.45) is 0. The van der Waals surface area contributed by atoms with Crippen molar-refractivity contribution in [3.63, 3.8) is 0 Å². The van der Waals surface area contributed by atoms with Crippen molar-refractivity contribution in [3.8, 4) is 20.9 Å². The number of rotatable bonds is 2. The summed E-state index contributed by atoms with van der Waals surface area (Å²) in [6, 6.07) is 23.8. The van der Waals surface area contributed by atoms with Gasteiger partial charge >= 0.3 is 0 Å². The molecule has 0 atom stereocenters. The van der Waals surface area contributed by atoms with Gasteiger partial charge in [-0.05, 0) is 47.2 Å². The van der Waals surface area contributed by atoms with Gasteiger partial charge in [0.05, 0.1) is 22.1 Å². The van der Waals surface area contributed by atoms with Crippen LogP contribution in [0.5, 0.6) is 0 Å². The van der Waals surface area contributed by atoms with Crippen molar-refractivity contribution in [1.82, 2.24) is 9.13 Å². The highest BCUT2D eigenvalue weighted by molar-refractivity contribution is 7.14. The van der Waals surface area contributed by atoms with Crippen molar-refractivity contribution in [2.75, 3.05) is 0 Å². The first kappa shape index (κ1) is 21.3. The summed E-state index contributed by atoms with van der Waals surface area (Å²) in [5.74, 6) is 0. The van der Waals surface area contributed by atoms with Gasteiger partial charge in [-0.3, -0.25) is 9.59 Å².